The molecule has 0 bridgehead atoms. The lowest BCUT2D eigenvalue weighted by atomic mass is 10.0. The van der Waals surface area contributed by atoms with Gasteiger partial charge in [-0.2, -0.15) is 0 Å². The lowest BCUT2D eigenvalue weighted by molar-refractivity contribution is -0.114. The normalized spacial score (nSPS) is 13.1. The van der Waals surface area contributed by atoms with Crippen LogP contribution in [-0.4, -0.2) is 20.0 Å². The Morgan fingerprint density at radius 1 is 1.26 bits per heavy atom. The van der Waals surface area contributed by atoms with E-state index in [-0.39, 0.29) is 11.9 Å². The maximum atomic E-state index is 11.6. The van der Waals surface area contributed by atoms with Crippen LogP contribution >= 0.6 is 0 Å². The summed E-state index contributed by atoms with van der Waals surface area (Å²) in [5.41, 5.74) is 1.08. The van der Waals surface area contributed by atoms with Crippen LogP contribution in [0.4, 0.5) is 0 Å². The molecule has 0 aliphatic heterocycles. The first-order valence-corrected chi connectivity index (χ1v) is 6.56. The fraction of sp³-hybridized carbons (Fsp3) is 0.438. The minimum atomic E-state index is -0.0955. The Morgan fingerprint density at radius 3 is 2.47 bits per heavy atom. The molecule has 0 radical (unpaired) electrons. The van der Waals surface area contributed by atoms with E-state index in [0.29, 0.717) is 18.6 Å². The Bertz CT molecular complexity index is 409. The van der Waals surface area contributed by atoms with Gasteiger partial charge in [0.05, 0.1) is 13.2 Å². The van der Waals surface area contributed by atoms with E-state index in [9.17, 15) is 4.79 Å². The number of ketones is 1. The van der Waals surface area contributed by atoms with E-state index in [0.717, 1.165) is 12.0 Å². The summed E-state index contributed by atoms with van der Waals surface area (Å²) in [4.78, 5) is 11.6. The highest BCUT2D eigenvalue weighted by Crippen LogP contribution is 2.24. The summed E-state index contributed by atoms with van der Waals surface area (Å²) in [5.74, 6) is 0.761. The van der Waals surface area contributed by atoms with E-state index in [1.165, 1.54) is 0 Å². The summed E-state index contributed by atoms with van der Waals surface area (Å²) in [6, 6.07) is 9.93. The van der Waals surface area contributed by atoms with Crippen molar-refractivity contribution in [3.8, 4) is 0 Å². The quantitative estimate of drug-likeness (QED) is 0.530. The summed E-state index contributed by atoms with van der Waals surface area (Å²) in [6.45, 7) is 1.99. The van der Waals surface area contributed by atoms with Crippen molar-refractivity contribution in [3.63, 3.8) is 0 Å². The number of methoxy groups -OCH3 is 2. The average Bonchev–Trinajstić information content (AvgIpc) is 2.44. The molecule has 1 rings (SSSR count). The molecule has 104 valence electrons. The molecule has 0 aliphatic carbocycles. The molecule has 1 aromatic carbocycles. The summed E-state index contributed by atoms with van der Waals surface area (Å²) in [5, 5.41) is 0. The highest BCUT2D eigenvalue weighted by molar-refractivity contribution is 5.89. The molecule has 19 heavy (non-hydrogen) atoms. The molecular weight excluding hydrogens is 240 g/mol. The second-order valence-corrected chi connectivity index (χ2v) is 4.37. The zero-order valence-corrected chi connectivity index (χ0v) is 11.9. The number of benzene rings is 1. The van der Waals surface area contributed by atoms with Crippen molar-refractivity contribution in [2.45, 2.75) is 32.3 Å². The molecular formula is C16H22O3. The minimum absolute atomic E-state index is 0.0955. The van der Waals surface area contributed by atoms with E-state index >= 15 is 0 Å². The van der Waals surface area contributed by atoms with Crippen LogP contribution in [0.2, 0.25) is 0 Å². The summed E-state index contributed by atoms with van der Waals surface area (Å²) >= 11 is 0. The second kappa shape index (κ2) is 8.48. The van der Waals surface area contributed by atoms with Crippen LogP contribution in [0.3, 0.4) is 0 Å². The van der Waals surface area contributed by atoms with Crippen LogP contribution in [0.25, 0.3) is 0 Å². The smallest absolute Gasteiger partial charge is 0.159 e. The molecule has 3 nitrogen and oxygen atoms in total. The van der Waals surface area contributed by atoms with Crippen LogP contribution < -0.4 is 0 Å². The molecule has 0 aromatic heterocycles. The van der Waals surface area contributed by atoms with Gasteiger partial charge in [-0.1, -0.05) is 37.3 Å². The molecule has 3 heteroatoms. The van der Waals surface area contributed by atoms with Gasteiger partial charge in [-0.15, -0.1) is 0 Å². The predicted molar refractivity (Wildman–Crippen MR) is 75.8 cm³/mol. The van der Waals surface area contributed by atoms with Crippen LogP contribution in [0.1, 0.15) is 37.9 Å². The molecule has 0 aliphatic rings. The Hall–Kier alpha value is -1.61. The molecule has 0 N–H and O–H groups in total. The van der Waals surface area contributed by atoms with Gasteiger partial charge in [-0.05, 0) is 12.0 Å². The van der Waals surface area contributed by atoms with E-state index in [4.69, 9.17) is 9.47 Å². The monoisotopic (exact) mass is 262 g/mol. The van der Waals surface area contributed by atoms with E-state index in [2.05, 4.69) is 0 Å². The van der Waals surface area contributed by atoms with E-state index in [1.54, 1.807) is 20.3 Å². The fourth-order valence-electron chi connectivity index (χ4n) is 1.89. The maximum absolute atomic E-state index is 11.6. The zero-order chi connectivity index (χ0) is 14.1. The van der Waals surface area contributed by atoms with Gasteiger partial charge in [0.15, 0.2) is 5.78 Å². The Balaban J connectivity index is 2.75. The topological polar surface area (TPSA) is 35.5 Å². The average molecular weight is 262 g/mol. The number of hydrogen-bond donors (Lipinski definition) is 0. The molecule has 0 amide bonds. The van der Waals surface area contributed by atoms with E-state index < -0.39 is 0 Å². The molecule has 0 spiro atoms. The summed E-state index contributed by atoms with van der Waals surface area (Å²) in [6.07, 6.45) is 3.45. The fourth-order valence-corrected chi connectivity index (χ4v) is 1.89. The first-order chi connectivity index (χ1) is 9.21. The van der Waals surface area contributed by atoms with Crippen molar-refractivity contribution in [1.29, 1.82) is 0 Å². The third-order valence-corrected chi connectivity index (χ3v) is 2.92. The van der Waals surface area contributed by atoms with Gasteiger partial charge in [-0.25, -0.2) is 0 Å². The number of rotatable bonds is 8. The SMILES string of the molecule is CCCC(=O)/C=C(\CC(OC)c1ccccc1)OC. The van der Waals surface area contributed by atoms with Crippen molar-refractivity contribution < 1.29 is 14.3 Å². The van der Waals surface area contributed by atoms with Gasteiger partial charge in [0.2, 0.25) is 0 Å². The first kappa shape index (κ1) is 15.4. The maximum Gasteiger partial charge on any atom is 0.159 e. The van der Waals surface area contributed by atoms with Crippen molar-refractivity contribution in [3.05, 3.63) is 47.7 Å². The lowest BCUT2D eigenvalue weighted by Crippen LogP contribution is -2.05. The molecule has 0 saturated carbocycles. The third kappa shape index (κ3) is 5.26. The lowest BCUT2D eigenvalue weighted by Gasteiger charge is -2.17. The van der Waals surface area contributed by atoms with Crippen LogP contribution in [0.15, 0.2) is 42.2 Å². The Labute approximate surface area is 115 Å². The van der Waals surface area contributed by atoms with Crippen molar-refractivity contribution in [2.75, 3.05) is 14.2 Å². The van der Waals surface area contributed by atoms with Crippen molar-refractivity contribution in [1.82, 2.24) is 0 Å². The van der Waals surface area contributed by atoms with Crippen LogP contribution in [0, 0.1) is 0 Å². The van der Waals surface area contributed by atoms with Gasteiger partial charge >= 0.3 is 0 Å². The first-order valence-electron chi connectivity index (χ1n) is 6.56. The minimum Gasteiger partial charge on any atom is -0.501 e. The van der Waals surface area contributed by atoms with Gasteiger partial charge in [0.1, 0.15) is 5.76 Å². The van der Waals surface area contributed by atoms with E-state index in [1.807, 2.05) is 37.3 Å². The number of carbonyl (C=O) groups excluding carboxylic acids is 1. The van der Waals surface area contributed by atoms with Gasteiger partial charge < -0.3 is 9.47 Å². The summed E-state index contributed by atoms with van der Waals surface area (Å²) < 4.78 is 10.8. The molecule has 0 heterocycles. The van der Waals surface area contributed by atoms with Crippen molar-refractivity contribution in [2.24, 2.45) is 0 Å². The predicted octanol–water partition coefficient (Wildman–Crippen LogP) is 3.66. The van der Waals surface area contributed by atoms with Gasteiger partial charge in [-0.3, -0.25) is 4.79 Å². The number of ether oxygens (including phenoxy) is 2. The van der Waals surface area contributed by atoms with Gasteiger partial charge in [0.25, 0.3) is 0 Å². The molecule has 0 fully saturated rings. The number of hydrogen-bond acceptors (Lipinski definition) is 3. The molecule has 1 unspecified atom stereocenters. The molecule has 1 atom stereocenters. The highest BCUT2D eigenvalue weighted by Gasteiger charge is 2.14. The zero-order valence-electron chi connectivity index (χ0n) is 11.9. The largest absolute Gasteiger partial charge is 0.501 e. The Morgan fingerprint density at radius 2 is 1.95 bits per heavy atom. The Kier molecular flexibility index (Phi) is 6.90. The summed E-state index contributed by atoms with van der Waals surface area (Å²) in [7, 11) is 3.25. The standard InChI is InChI=1S/C16H22O3/c1-4-8-14(17)11-15(18-2)12-16(19-3)13-9-6-5-7-10-13/h5-7,9-11,16H,4,8,12H2,1-3H3/b15-11+. The molecule has 1 aromatic rings. The number of allylic oxidation sites excluding steroid dienone is 1. The highest BCUT2D eigenvalue weighted by atomic mass is 16.5. The third-order valence-electron chi connectivity index (χ3n) is 2.92. The number of carbonyl (C=O) groups is 1. The van der Waals surface area contributed by atoms with Gasteiger partial charge in [0, 0.05) is 26.0 Å². The molecule has 0 saturated heterocycles. The van der Waals surface area contributed by atoms with Crippen LogP contribution in [0.5, 0.6) is 0 Å². The second-order valence-electron chi connectivity index (χ2n) is 4.37. The van der Waals surface area contributed by atoms with Crippen molar-refractivity contribution >= 4 is 5.78 Å². The van der Waals surface area contributed by atoms with Crippen LogP contribution in [-0.2, 0) is 14.3 Å².